The number of halogens is 2. The number of amides is 1. The zero-order valence-electron chi connectivity index (χ0n) is 22.2. The van der Waals surface area contributed by atoms with E-state index in [0.717, 1.165) is 12.3 Å². The van der Waals surface area contributed by atoms with Gasteiger partial charge in [0.1, 0.15) is 24.0 Å². The van der Waals surface area contributed by atoms with Crippen LogP contribution in [0.3, 0.4) is 0 Å². The van der Waals surface area contributed by atoms with Crippen LogP contribution < -0.4 is 4.90 Å². The number of cyclic esters (lactones) is 1. The minimum Gasteiger partial charge on any atom is -0.465 e. The van der Waals surface area contributed by atoms with Crippen LogP contribution in [0.25, 0.3) is 0 Å². The van der Waals surface area contributed by atoms with Gasteiger partial charge in [-0.1, -0.05) is 26.8 Å². The van der Waals surface area contributed by atoms with Gasteiger partial charge < -0.3 is 24.0 Å². The average molecular weight is 616 g/mol. The lowest BCUT2D eigenvalue weighted by Gasteiger charge is -2.36. The molecule has 1 aromatic heterocycles. The van der Waals surface area contributed by atoms with Gasteiger partial charge in [0.2, 0.25) is 0 Å². The molecule has 208 valence electrons. The Morgan fingerprint density at radius 2 is 2.08 bits per heavy atom. The van der Waals surface area contributed by atoms with Crippen molar-refractivity contribution in [3.63, 3.8) is 0 Å². The first-order valence-corrected chi connectivity index (χ1v) is 15.8. The Bertz CT molecular complexity index is 1220. The fraction of sp³-hybridized carbons (Fsp3) is 0.542. The van der Waals surface area contributed by atoms with Gasteiger partial charge in [0.15, 0.2) is 8.32 Å². The molecule has 2 unspecified atom stereocenters. The highest BCUT2D eigenvalue weighted by Gasteiger charge is 2.40. The molecule has 1 fully saturated rings. The van der Waals surface area contributed by atoms with Crippen molar-refractivity contribution in [2.75, 3.05) is 24.7 Å². The third-order valence-corrected chi connectivity index (χ3v) is 12.0. The number of carbonyl (C=O) groups excluding carboxylic acids is 2. The number of ether oxygens (including phenoxy) is 2. The molecular weight excluding hydrogens is 583 g/mol. The maximum absolute atomic E-state index is 15.4. The van der Waals surface area contributed by atoms with E-state index in [9.17, 15) is 19.7 Å². The first-order valence-electron chi connectivity index (χ1n) is 12.1. The maximum atomic E-state index is 15.4. The second kappa shape index (κ2) is 11.5. The summed E-state index contributed by atoms with van der Waals surface area (Å²) in [6.45, 7) is 12.5. The third kappa shape index (κ3) is 6.59. The molecule has 38 heavy (non-hydrogen) atoms. The van der Waals surface area contributed by atoms with Gasteiger partial charge in [0, 0.05) is 28.0 Å². The minimum absolute atomic E-state index is 0.000938. The van der Waals surface area contributed by atoms with Crippen LogP contribution in [0.2, 0.25) is 18.1 Å². The first kappa shape index (κ1) is 29.7. The topological polar surface area (TPSA) is 126 Å². The number of hydrogen-bond donors (Lipinski definition) is 0. The molecule has 2 aromatic rings. The Kier molecular flexibility index (Phi) is 8.99. The van der Waals surface area contributed by atoms with E-state index in [-0.39, 0.29) is 47.3 Å². The van der Waals surface area contributed by atoms with E-state index in [0.29, 0.717) is 0 Å². The Morgan fingerprint density at radius 3 is 2.63 bits per heavy atom. The highest BCUT2D eigenvalue weighted by atomic mass is 79.9. The number of hydrogen-bond acceptors (Lipinski definition) is 8. The van der Waals surface area contributed by atoms with E-state index >= 15 is 4.39 Å². The second-order valence-electron chi connectivity index (χ2n) is 10.5. The van der Waals surface area contributed by atoms with Crippen LogP contribution >= 0.6 is 15.9 Å². The predicted molar refractivity (Wildman–Crippen MR) is 143 cm³/mol. The number of nitrogens with zero attached hydrogens (tertiary/aromatic N) is 4. The molecule has 1 aromatic carbocycles. The van der Waals surface area contributed by atoms with Crippen molar-refractivity contribution < 1.29 is 32.8 Å². The first-order chi connectivity index (χ1) is 17.6. The lowest BCUT2D eigenvalue weighted by Crippen LogP contribution is -2.43. The molecule has 2 heterocycles. The molecule has 1 aliphatic heterocycles. The Labute approximate surface area is 229 Å². The van der Waals surface area contributed by atoms with Crippen LogP contribution in [0.5, 0.6) is 0 Å². The third-order valence-electron chi connectivity index (χ3n) is 6.83. The van der Waals surface area contributed by atoms with Gasteiger partial charge in [-0.3, -0.25) is 14.3 Å². The zero-order valence-corrected chi connectivity index (χ0v) is 24.8. The molecule has 0 radical (unpaired) electrons. The number of anilines is 1. The molecule has 1 saturated heterocycles. The number of esters is 1. The van der Waals surface area contributed by atoms with Gasteiger partial charge in [-0.05, 0) is 47.1 Å². The second-order valence-corrected chi connectivity index (χ2v) is 16.0. The van der Waals surface area contributed by atoms with Crippen molar-refractivity contribution in [2.24, 2.45) is 0 Å². The monoisotopic (exact) mass is 614 g/mol. The zero-order chi connectivity index (χ0) is 28.4. The Morgan fingerprint density at radius 1 is 1.39 bits per heavy atom. The van der Waals surface area contributed by atoms with Crippen molar-refractivity contribution in [1.29, 1.82) is 0 Å². The molecule has 0 saturated carbocycles. The van der Waals surface area contributed by atoms with Crippen LogP contribution in [-0.4, -0.2) is 60.7 Å². The van der Waals surface area contributed by atoms with Gasteiger partial charge in [0.05, 0.1) is 25.4 Å². The molecule has 0 spiro atoms. The van der Waals surface area contributed by atoms with E-state index in [2.05, 4.69) is 54.8 Å². The number of carbonyl (C=O) groups is 2. The summed E-state index contributed by atoms with van der Waals surface area (Å²) in [5.74, 6) is -2.98. The van der Waals surface area contributed by atoms with Crippen molar-refractivity contribution in [2.45, 2.75) is 64.4 Å². The summed E-state index contributed by atoms with van der Waals surface area (Å²) >= 11 is 3.13. The van der Waals surface area contributed by atoms with Crippen molar-refractivity contribution in [3.05, 3.63) is 50.6 Å². The molecule has 0 aliphatic carbocycles. The van der Waals surface area contributed by atoms with Gasteiger partial charge >= 0.3 is 17.9 Å². The Hall–Kier alpha value is -2.84. The lowest BCUT2D eigenvalue weighted by atomic mass is 9.97. The van der Waals surface area contributed by atoms with Crippen LogP contribution in [0.4, 0.5) is 20.7 Å². The van der Waals surface area contributed by atoms with E-state index in [1.165, 1.54) is 21.6 Å². The molecular formula is C24H32BrFN4O7Si. The van der Waals surface area contributed by atoms with Gasteiger partial charge in [-0.2, -0.15) is 0 Å². The van der Waals surface area contributed by atoms with Crippen LogP contribution in [0.1, 0.15) is 39.2 Å². The summed E-state index contributed by atoms with van der Waals surface area (Å²) in [6.07, 6.45) is 0.0353. The number of nitro groups is 1. The smallest absolute Gasteiger partial charge is 0.414 e. The van der Waals surface area contributed by atoms with Crippen molar-refractivity contribution >= 4 is 47.8 Å². The molecule has 2 atom stereocenters. The molecule has 1 amide bonds. The van der Waals surface area contributed by atoms with Gasteiger partial charge in [0.25, 0.3) is 4.73 Å². The standard InChI is InChI=1S/C24H32BrFN4O7Si/c1-7-35-21(31)18(12-28-13-20(30(33)34)27-22(28)25)17-9-8-15(10-19(17)26)29-11-16(37-23(29)32)14-36-38(5,6)24(2,3)4/h8-10,13,16,18H,7,11-12,14H2,1-6H3. The maximum Gasteiger partial charge on any atom is 0.414 e. The summed E-state index contributed by atoms with van der Waals surface area (Å²) in [4.78, 5) is 40.8. The SMILES string of the molecule is CCOC(=O)C(Cn1cc([N+](=O)[O-])nc1Br)c1ccc(N2CC(CO[Si](C)(C)C(C)(C)C)OC2=O)cc1F. The Balaban J connectivity index is 1.80. The van der Waals surface area contributed by atoms with Crippen LogP contribution in [0.15, 0.2) is 29.1 Å². The predicted octanol–water partition coefficient (Wildman–Crippen LogP) is 5.39. The quantitative estimate of drug-likeness (QED) is 0.151. The molecule has 14 heteroatoms. The van der Waals surface area contributed by atoms with Crippen molar-refractivity contribution in [1.82, 2.24) is 9.55 Å². The minimum atomic E-state index is -2.04. The van der Waals surface area contributed by atoms with Crippen LogP contribution in [-0.2, 0) is 25.2 Å². The van der Waals surface area contributed by atoms with Crippen molar-refractivity contribution in [3.8, 4) is 0 Å². The number of rotatable bonds is 10. The largest absolute Gasteiger partial charge is 0.465 e. The molecule has 3 rings (SSSR count). The highest BCUT2D eigenvalue weighted by Crippen LogP contribution is 2.37. The fourth-order valence-electron chi connectivity index (χ4n) is 3.64. The van der Waals surface area contributed by atoms with E-state index < -0.39 is 49.0 Å². The number of imidazole rings is 1. The van der Waals surface area contributed by atoms with E-state index in [1.54, 1.807) is 6.92 Å². The van der Waals surface area contributed by atoms with Gasteiger partial charge in [-0.15, -0.1) is 0 Å². The highest BCUT2D eigenvalue weighted by molar-refractivity contribution is 9.10. The van der Waals surface area contributed by atoms with E-state index in [4.69, 9.17) is 13.9 Å². The lowest BCUT2D eigenvalue weighted by molar-refractivity contribution is -0.389. The summed E-state index contributed by atoms with van der Waals surface area (Å²) in [7, 11) is -2.04. The van der Waals surface area contributed by atoms with Gasteiger partial charge in [-0.25, -0.2) is 9.18 Å². The summed E-state index contributed by atoms with van der Waals surface area (Å²) in [5.41, 5.74) is 0.286. The normalized spacial score (nSPS) is 16.9. The summed E-state index contributed by atoms with van der Waals surface area (Å²) in [6, 6.07) is 4.08. The molecule has 0 bridgehead atoms. The number of aromatic nitrogens is 2. The van der Waals surface area contributed by atoms with E-state index in [1.807, 2.05) is 0 Å². The molecule has 0 N–H and O–H groups in total. The average Bonchev–Trinajstić information content (AvgIpc) is 3.38. The molecule has 11 nitrogen and oxygen atoms in total. The summed E-state index contributed by atoms with van der Waals surface area (Å²) < 4.78 is 33.6. The fourth-order valence-corrected chi connectivity index (χ4v) is 5.10. The number of benzene rings is 1. The van der Waals surface area contributed by atoms with Crippen LogP contribution in [0, 0.1) is 15.9 Å². The molecule has 1 aliphatic rings. The summed E-state index contributed by atoms with van der Waals surface area (Å²) in [5, 5.41) is 11.1.